The molecule has 0 spiro atoms. The summed E-state index contributed by atoms with van der Waals surface area (Å²) in [6.45, 7) is 1.63. The first kappa shape index (κ1) is 11.6. The third kappa shape index (κ3) is 2.50. The summed E-state index contributed by atoms with van der Waals surface area (Å²) >= 11 is 3.19. The van der Waals surface area contributed by atoms with Crippen molar-refractivity contribution in [3.8, 4) is 0 Å². The fourth-order valence-electron chi connectivity index (χ4n) is 1.75. The molecule has 2 aromatic heterocycles. The topological polar surface area (TPSA) is 63.8 Å². The van der Waals surface area contributed by atoms with Crippen LogP contribution in [-0.4, -0.2) is 9.97 Å². The highest BCUT2D eigenvalue weighted by atomic mass is 32.1. The van der Waals surface area contributed by atoms with E-state index in [-0.39, 0.29) is 0 Å². The van der Waals surface area contributed by atoms with Gasteiger partial charge in [0, 0.05) is 24.7 Å². The summed E-state index contributed by atoms with van der Waals surface area (Å²) in [4.78, 5) is 8.47. The second-order valence-corrected chi connectivity index (χ2v) is 5.92. The van der Waals surface area contributed by atoms with Gasteiger partial charge >= 0.3 is 0 Å². The molecule has 0 saturated heterocycles. The summed E-state index contributed by atoms with van der Waals surface area (Å²) in [5.41, 5.74) is 7.90. The van der Waals surface area contributed by atoms with Gasteiger partial charge in [-0.25, -0.2) is 9.97 Å². The van der Waals surface area contributed by atoms with Crippen molar-refractivity contribution in [2.75, 3.05) is 5.73 Å². The molecule has 1 aromatic carbocycles. The SMILES string of the molecule is Nc1nc2ccc(CNCc3nccs3)cc2s1. The van der Waals surface area contributed by atoms with Crippen molar-refractivity contribution >= 4 is 38.0 Å². The van der Waals surface area contributed by atoms with E-state index in [0.29, 0.717) is 5.13 Å². The molecule has 0 aliphatic rings. The maximum atomic E-state index is 5.69. The van der Waals surface area contributed by atoms with Crippen LogP contribution in [0.3, 0.4) is 0 Å². The average Bonchev–Trinajstić information content (AvgIpc) is 2.96. The molecule has 0 fully saturated rings. The first-order chi connectivity index (χ1) is 8.81. The lowest BCUT2D eigenvalue weighted by atomic mass is 10.2. The molecule has 0 radical (unpaired) electrons. The summed E-state index contributed by atoms with van der Waals surface area (Å²) in [6.07, 6.45) is 1.83. The Morgan fingerprint density at radius 2 is 2.22 bits per heavy atom. The van der Waals surface area contributed by atoms with E-state index in [1.165, 1.54) is 16.9 Å². The van der Waals surface area contributed by atoms with Crippen LogP contribution in [0.25, 0.3) is 10.2 Å². The second kappa shape index (κ2) is 5.01. The molecule has 0 unspecified atom stereocenters. The molecular weight excluding hydrogens is 264 g/mol. The summed E-state index contributed by atoms with van der Waals surface area (Å²) in [7, 11) is 0. The number of hydrogen-bond donors (Lipinski definition) is 2. The van der Waals surface area contributed by atoms with Crippen LogP contribution < -0.4 is 11.1 Å². The van der Waals surface area contributed by atoms with Gasteiger partial charge in [-0.1, -0.05) is 17.4 Å². The number of thiazole rings is 2. The first-order valence-corrected chi connectivity index (χ1v) is 7.25. The Labute approximate surface area is 113 Å². The Hall–Kier alpha value is -1.50. The molecule has 3 N–H and O–H groups in total. The molecular formula is C12H12N4S2. The van der Waals surface area contributed by atoms with Gasteiger partial charge in [0.1, 0.15) is 5.01 Å². The predicted molar refractivity (Wildman–Crippen MR) is 76.7 cm³/mol. The third-order valence-corrected chi connectivity index (χ3v) is 4.19. The van der Waals surface area contributed by atoms with Gasteiger partial charge in [-0.15, -0.1) is 11.3 Å². The van der Waals surface area contributed by atoms with Gasteiger partial charge < -0.3 is 11.1 Å². The highest BCUT2D eigenvalue weighted by molar-refractivity contribution is 7.22. The van der Waals surface area contributed by atoms with E-state index in [4.69, 9.17) is 5.73 Å². The number of nitrogen functional groups attached to an aromatic ring is 1. The number of aromatic nitrogens is 2. The summed E-state index contributed by atoms with van der Waals surface area (Å²) < 4.78 is 1.14. The Balaban J connectivity index is 1.67. The van der Waals surface area contributed by atoms with Crippen molar-refractivity contribution in [1.82, 2.24) is 15.3 Å². The lowest BCUT2D eigenvalue weighted by Gasteiger charge is -2.02. The van der Waals surface area contributed by atoms with Gasteiger partial charge in [0.2, 0.25) is 0 Å². The van der Waals surface area contributed by atoms with Crippen LogP contribution in [-0.2, 0) is 13.1 Å². The molecule has 0 amide bonds. The number of fused-ring (bicyclic) bond motifs is 1. The Morgan fingerprint density at radius 3 is 3.06 bits per heavy atom. The molecule has 0 aliphatic carbocycles. The third-order valence-electron chi connectivity index (χ3n) is 2.56. The minimum absolute atomic E-state index is 0.623. The van der Waals surface area contributed by atoms with Crippen molar-refractivity contribution in [2.24, 2.45) is 0 Å². The highest BCUT2D eigenvalue weighted by Crippen LogP contribution is 2.24. The van der Waals surface area contributed by atoms with E-state index in [2.05, 4.69) is 27.4 Å². The minimum Gasteiger partial charge on any atom is -0.375 e. The van der Waals surface area contributed by atoms with E-state index in [1.54, 1.807) is 11.3 Å². The van der Waals surface area contributed by atoms with Crippen molar-refractivity contribution in [3.05, 3.63) is 40.3 Å². The fourth-order valence-corrected chi connectivity index (χ4v) is 3.13. The monoisotopic (exact) mass is 276 g/mol. The summed E-state index contributed by atoms with van der Waals surface area (Å²) in [6, 6.07) is 6.23. The van der Waals surface area contributed by atoms with Crippen molar-refractivity contribution in [2.45, 2.75) is 13.1 Å². The number of nitrogens with two attached hydrogens (primary N) is 1. The number of anilines is 1. The van der Waals surface area contributed by atoms with E-state index < -0.39 is 0 Å². The van der Waals surface area contributed by atoms with Gasteiger partial charge in [-0.05, 0) is 17.7 Å². The number of nitrogens with one attached hydrogen (secondary N) is 1. The van der Waals surface area contributed by atoms with E-state index >= 15 is 0 Å². The molecule has 2 heterocycles. The first-order valence-electron chi connectivity index (χ1n) is 5.55. The zero-order valence-electron chi connectivity index (χ0n) is 9.59. The smallest absolute Gasteiger partial charge is 0.181 e. The van der Waals surface area contributed by atoms with Crippen LogP contribution in [0.4, 0.5) is 5.13 Å². The normalized spacial score (nSPS) is 11.1. The van der Waals surface area contributed by atoms with Crippen LogP contribution in [0.5, 0.6) is 0 Å². The maximum Gasteiger partial charge on any atom is 0.181 e. The molecule has 18 heavy (non-hydrogen) atoms. The molecule has 92 valence electrons. The summed E-state index contributed by atoms with van der Waals surface area (Å²) in [5.74, 6) is 0. The largest absolute Gasteiger partial charge is 0.375 e. The zero-order chi connectivity index (χ0) is 12.4. The van der Waals surface area contributed by atoms with Crippen molar-refractivity contribution in [3.63, 3.8) is 0 Å². The number of nitrogens with zero attached hydrogens (tertiary/aromatic N) is 2. The molecule has 6 heteroatoms. The minimum atomic E-state index is 0.623. The number of benzene rings is 1. The van der Waals surface area contributed by atoms with Crippen LogP contribution in [0.1, 0.15) is 10.6 Å². The lowest BCUT2D eigenvalue weighted by Crippen LogP contribution is -2.12. The Kier molecular flexibility index (Phi) is 3.22. The van der Waals surface area contributed by atoms with Crippen LogP contribution in [0.2, 0.25) is 0 Å². The highest BCUT2D eigenvalue weighted by Gasteiger charge is 2.02. The molecule has 0 atom stereocenters. The lowest BCUT2D eigenvalue weighted by molar-refractivity contribution is 0.690. The molecule has 3 rings (SSSR count). The van der Waals surface area contributed by atoms with Crippen molar-refractivity contribution < 1.29 is 0 Å². The van der Waals surface area contributed by atoms with Crippen LogP contribution >= 0.6 is 22.7 Å². The van der Waals surface area contributed by atoms with Crippen molar-refractivity contribution in [1.29, 1.82) is 0 Å². The summed E-state index contributed by atoms with van der Waals surface area (Å²) in [5, 5.41) is 7.10. The molecule has 0 saturated carbocycles. The number of hydrogen-bond acceptors (Lipinski definition) is 6. The molecule has 0 aliphatic heterocycles. The van der Waals surface area contributed by atoms with Crippen LogP contribution in [0.15, 0.2) is 29.8 Å². The number of rotatable bonds is 4. The maximum absolute atomic E-state index is 5.69. The second-order valence-electron chi connectivity index (χ2n) is 3.88. The zero-order valence-corrected chi connectivity index (χ0v) is 11.2. The van der Waals surface area contributed by atoms with E-state index in [9.17, 15) is 0 Å². The van der Waals surface area contributed by atoms with E-state index in [1.807, 2.05) is 17.6 Å². The quantitative estimate of drug-likeness (QED) is 0.769. The fraction of sp³-hybridized carbons (Fsp3) is 0.167. The van der Waals surface area contributed by atoms with Gasteiger partial charge in [-0.3, -0.25) is 0 Å². The Bertz CT molecular complexity index is 645. The van der Waals surface area contributed by atoms with Gasteiger partial charge in [0.05, 0.1) is 10.2 Å². The van der Waals surface area contributed by atoms with Gasteiger partial charge in [0.25, 0.3) is 0 Å². The standard InChI is InChI=1S/C12H12N4S2/c13-12-16-9-2-1-8(5-10(9)18-12)6-14-7-11-15-3-4-17-11/h1-5,14H,6-7H2,(H2,13,16). The predicted octanol–water partition coefficient (Wildman–Crippen LogP) is 2.62. The van der Waals surface area contributed by atoms with Crippen LogP contribution in [0, 0.1) is 0 Å². The molecule has 0 bridgehead atoms. The Morgan fingerprint density at radius 1 is 1.28 bits per heavy atom. The van der Waals surface area contributed by atoms with Gasteiger partial charge in [0.15, 0.2) is 5.13 Å². The van der Waals surface area contributed by atoms with Gasteiger partial charge in [-0.2, -0.15) is 0 Å². The molecule has 4 nitrogen and oxygen atoms in total. The molecule has 3 aromatic rings. The average molecular weight is 276 g/mol. The van der Waals surface area contributed by atoms with E-state index in [0.717, 1.165) is 28.3 Å².